The zero-order valence-electron chi connectivity index (χ0n) is 10.3. The van der Waals surface area contributed by atoms with Gasteiger partial charge in [-0.3, -0.25) is 0 Å². The molecular formula is C12H20Cl2N2O2. The molecule has 1 aromatic carbocycles. The molecule has 4 nitrogen and oxygen atoms in total. The molecule has 3 N–H and O–H groups in total. The van der Waals surface area contributed by atoms with Crippen molar-refractivity contribution in [3.05, 3.63) is 24.3 Å². The minimum absolute atomic E-state index is 0. The second kappa shape index (κ2) is 7.69. The van der Waals surface area contributed by atoms with Crippen molar-refractivity contribution in [1.82, 2.24) is 5.32 Å². The van der Waals surface area contributed by atoms with Gasteiger partial charge in [-0.15, -0.1) is 24.8 Å². The fourth-order valence-electron chi connectivity index (χ4n) is 1.75. The molecule has 0 spiro atoms. The van der Waals surface area contributed by atoms with Crippen LogP contribution in [0.5, 0.6) is 11.5 Å². The summed E-state index contributed by atoms with van der Waals surface area (Å²) in [4.78, 5) is 0. The second-order valence-corrected chi connectivity index (χ2v) is 4.07. The van der Waals surface area contributed by atoms with Gasteiger partial charge in [0.15, 0.2) is 11.5 Å². The summed E-state index contributed by atoms with van der Waals surface area (Å²) in [6.45, 7) is 4.26. The molecular weight excluding hydrogens is 275 g/mol. The van der Waals surface area contributed by atoms with Crippen molar-refractivity contribution in [2.45, 2.75) is 19.1 Å². The van der Waals surface area contributed by atoms with Gasteiger partial charge in [-0.05, 0) is 12.1 Å². The van der Waals surface area contributed by atoms with Crippen LogP contribution < -0.4 is 20.5 Å². The van der Waals surface area contributed by atoms with Crippen molar-refractivity contribution >= 4 is 24.8 Å². The molecule has 104 valence electrons. The van der Waals surface area contributed by atoms with Crippen LogP contribution in [0.1, 0.15) is 13.3 Å². The highest BCUT2D eigenvalue weighted by Gasteiger charge is 2.35. The van der Waals surface area contributed by atoms with Crippen molar-refractivity contribution in [1.29, 1.82) is 0 Å². The third-order valence-corrected chi connectivity index (χ3v) is 2.58. The first-order valence-electron chi connectivity index (χ1n) is 5.61. The summed E-state index contributed by atoms with van der Waals surface area (Å²) in [5, 5.41) is 3.23. The predicted octanol–water partition coefficient (Wildman–Crippen LogP) is 1.96. The summed E-state index contributed by atoms with van der Waals surface area (Å²) in [6, 6.07) is 7.74. The Hall–Kier alpha value is -0.680. The fraction of sp³-hybridized carbons (Fsp3) is 0.500. The lowest BCUT2D eigenvalue weighted by molar-refractivity contribution is -0.0672. The third-order valence-electron chi connectivity index (χ3n) is 2.58. The summed E-state index contributed by atoms with van der Waals surface area (Å²) in [6.07, 6.45) is 0.793. The largest absolute Gasteiger partial charge is 0.449 e. The molecule has 0 radical (unpaired) electrons. The molecule has 0 aromatic heterocycles. The van der Waals surface area contributed by atoms with Gasteiger partial charge in [0, 0.05) is 33.0 Å². The van der Waals surface area contributed by atoms with Crippen LogP contribution >= 0.6 is 24.8 Å². The molecule has 1 aromatic rings. The van der Waals surface area contributed by atoms with Gasteiger partial charge in [-0.1, -0.05) is 12.1 Å². The zero-order chi connectivity index (χ0) is 11.4. The molecule has 6 heteroatoms. The molecule has 0 aliphatic carbocycles. The van der Waals surface area contributed by atoms with Gasteiger partial charge in [-0.2, -0.15) is 0 Å². The highest BCUT2D eigenvalue weighted by molar-refractivity contribution is 5.85. The molecule has 0 saturated heterocycles. The summed E-state index contributed by atoms with van der Waals surface area (Å²) in [5.41, 5.74) is 5.40. The van der Waals surface area contributed by atoms with Crippen molar-refractivity contribution in [2.24, 2.45) is 5.73 Å². The average molecular weight is 295 g/mol. The van der Waals surface area contributed by atoms with E-state index in [9.17, 15) is 0 Å². The molecule has 1 heterocycles. The molecule has 1 aliphatic rings. The molecule has 0 bridgehead atoms. The van der Waals surface area contributed by atoms with E-state index in [-0.39, 0.29) is 24.8 Å². The van der Waals surface area contributed by atoms with Gasteiger partial charge in [0.1, 0.15) is 0 Å². The third kappa shape index (κ3) is 4.21. The monoisotopic (exact) mass is 294 g/mol. The van der Waals surface area contributed by atoms with Crippen LogP contribution in [0.3, 0.4) is 0 Å². The number of para-hydroxylation sites is 2. The normalized spacial score (nSPS) is 14.6. The van der Waals surface area contributed by atoms with Gasteiger partial charge in [0.2, 0.25) is 5.79 Å². The lowest BCUT2D eigenvalue weighted by Crippen LogP contribution is -2.38. The van der Waals surface area contributed by atoms with E-state index in [0.717, 1.165) is 31.0 Å². The molecule has 0 fully saturated rings. The number of benzene rings is 1. The molecule has 0 unspecified atom stereocenters. The Kier molecular flexibility index (Phi) is 7.40. The minimum atomic E-state index is -0.550. The van der Waals surface area contributed by atoms with E-state index in [2.05, 4.69) is 5.32 Å². The van der Waals surface area contributed by atoms with E-state index in [0.29, 0.717) is 6.54 Å². The van der Waals surface area contributed by atoms with Gasteiger partial charge in [-0.25, -0.2) is 0 Å². The van der Waals surface area contributed by atoms with Crippen LogP contribution in [-0.4, -0.2) is 25.4 Å². The number of fused-ring (bicyclic) bond motifs is 1. The fourth-order valence-corrected chi connectivity index (χ4v) is 1.75. The maximum absolute atomic E-state index is 5.78. The quantitative estimate of drug-likeness (QED) is 0.815. The first-order valence-corrected chi connectivity index (χ1v) is 5.61. The van der Waals surface area contributed by atoms with Gasteiger partial charge >= 0.3 is 0 Å². The highest BCUT2D eigenvalue weighted by Crippen LogP contribution is 2.39. The average Bonchev–Trinajstić information content (AvgIpc) is 2.61. The number of halogens is 2. The van der Waals surface area contributed by atoms with E-state index in [4.69, 9.17) is 15.2 Å². The molecule has 18 heavy (non-hydrogen) atoms. The standard InChI is InChI=1S/C12H18N2O2.2ClH/c1-12(6-8-14-9-7-13)15-10-4-2-3-5-11(10)16-12;;/h2-5,14H,6-9,13H2,1H3;2*1H. The van der Waals surface area contributed by atoms with Crippen LogP contribution in [0.15, 0.2) is 24.3 Å². The first-order chi connectivity index (χ1) is 7.73. The van der Waals surface area contributed by atoms with E-state index < -0.39 is 5.79 Å². The summed E-state index contributed by atoms with van der Waals surface area (Å²) in [5.74, 6) is 1.10. The number of hydrogen-bond acceptors (Lipinski definition) is 4. The van der Waals surface area contributed by atoms with Crippen molar-refractivity contribution < 1.29 is 9.47 Å². The lowest BCUT2D eigenvalue weighted by atomic mass is 10.2. The summed E-state index contributed by atoms with van der Waals surface area (Å²) in [7, 11) is 0. The Labute approximate surface area is 120 Å². The molecule has 0 amide bonds. The Morgan fingerprint density at radius 1 is 1.11 bits per heavy atom. The van der Waals surface area contributed by atoms with Crippen LogP contribution in [0, 0.1) is 0 Å². The van der Waals surface area contributed by atoms with E-state index in [1.54, 1.807) is 0 Å². The number of ether oxygens (including phenoxy) is 2. The van der Waals surface area contributed by atoms with Crippen LogP contribution in [-0.2, 0) is 0 Å². The molecule has 0 saturated carbocycles. The summed E-state index contributed by atoms with van der Waals surface area (Å²) >= 11 is 0. The zero-order valence-corrected chi connectivity index (χ0v) is 12.0. The number of nitrogens with two attached hydrogens (primary N) is 1. The second-order valence-electron chi connectivity index (χ2n) is 4.07. The number of rotatable bonds is 5. The van der Waals surface area contributed by atoms with Crippen LogP contribution in [0.25, 0.3) is 0 Å². The Morgan fingerprint density at radius 3 is 2.17 bits per heavy atom. The Bertz CT molecular complexity index is 339. The number of nitrogens with one attached hydrogen (secondary N) is 1. The van der Waals surface area contributed by atoms with E-state index in [1.807, 2.05) is 31.2 Å². The predicted molar refractivity (Wildman–Crippen MR) is 77.1 cm³/mol. The topological polar surface area (TPSA) is 56.5 Å². The van der Waals surface area contributed by atoms with E-state index >= 15 is 0 Å². The Balaban J connectivity index is 0.00000144. The minimum Gasteiger partial charge on any atom is -0.449 e. The summed E-state index contributed by atoms with van der Waals surface area (Å²) < 4.78 is 11.6. The van der Waals surface area contributed by atoms with Crippen LogP contribution in [0.4, 0.5) is 0 Å². The Morgan fingerprint density at radius 2 is 1.67 bits per heavy atom. The van der Waals surface area contributed by atoms with Gasteiger partial charge < -0.3 is 20.5 Å². The first kappa shape index (κ1) is 17.3. The van der Waals surface area contributed by atoms with Crippen molar-refractivity contribution in [3.63, 3.8) is 0 Å². The number of hydrogen-bond donors (Lipinski definition) is 2. The SMILES string of the molecule is CC1(CCNCCN)Oc2ccccc2O1.Cl.Cl. The van der Waals surface area contributed by atoms with Gasteiger partial charge in [0.25, 0.3) is 0 Å². The maximum atomic E-state index is 5.78. The van der Waals surface area contributed by atoms with Gasteiger partial charge in [0.05, 0.1) is 0 Å². The molecule has 2 rings (SSSR count). The highest BCUT2D eigenvalue weighted by atomic mass is 35.5. The maximum Gasteiger partial charge on any atom is 0.250 e. The van der Waals surface area contributed by atoms with E-state index in [1.165, 1.54) is 0 Å². The smallest absolute Gasteiger partial charge is 0.250 e. The molecule has 1 aliphatic heterocycles. The van der Waals surface area contributed by atoms with Crippen molar-refractivity contribution in [2.75, 3.05) is 19.6 Å². The van der Waals surface area contributed by atoms with Crippen molar-refractivity contribution in [3.8, 4) is 11.5 Å². The van der Waals surface area contributed by atoms with Crippen LogP contribution in [0.2, 0.25) is 0 Å². The lowest BCUT2D eigenvalue weighted by Gasteiger charge is -2.23. The molecule has 0 atom stereocenters.